The van der Waals surface area contributed by atoms with E-state index in [1.165, 1.54) is 0 Å². The van der Waals surface area contributed by atoms with Crippen LogP contribution in [0.3, 0.4) is 0 Å². The summed E-state index contributed by atoms with van der Waals surface area (Å²) in [5.41, 5.74) is 9.76. The van der Waals surface area contributed by atoms with Gasteiger partial charge < -0.3 is 18.9 Å². The molecule has 5 aromatic carbocycles. The van der Waals surface area contributed by atoms with E-state index in [1.807, 2.05) is 66.7 Å². The molecule has 0 spiro atoms. The second-order valence-electron chi connectivity index (χ2n) is 11.2. The molecule has 5 rings (SSSR count). The van der Waals surface area contributed by atoms with Gasteiger partial charge >= 0.3 is 0 Å². The Labute approximate surface area is 270 Å². The van der Waals surface area contributed by atoms with E-state index in [4.69, 9.17) is 18.9 Å². The van der Waals surface area contributed by atoms with Gasteiger partial charge in [0, 0.05) is 11.1 Å². The smallest absolute Gasteiger partial charge is 0.150 e. The summed E-state index contributed by atoms with van der Waals surface area (Å²) in [5, 5.41) is 0. The molecule has 0 atom stereocenters. The molecule has 0 heterocycles. The average Bonchev–Trinajstić information content (AvgIpc) is 3.09. The minimum atomic E-state index is 0.449. The molecule has 0 N–H and O–H groups in total. The van der Waals surface area contributed by atoms with Crippen LogP contribution in [0.5, 0.6) is 0 Å². The van der Waals surface area contributed by atoms with E-state index in [-0.39, 0.29) is 0 Å². The van der Waals surface area contributed by atoms with Crippen molar-refractivity contribution in [3.63, 3.8) is 0 Å². The Balaban J connectivity index is 1.02. The summed E-state index contributed by atoms with van der Waals surface area (Å²) in [6.07, 6.45) is 1.69. The largest absolute Gasteiger partial charge is 0.372 e. The van der Waals surface area contributed by atoms with E-state index in [0.29, 0.717) is 64.0 Å². The van der Waals surface area contributed by atoms with Crippen molar-refractivity contribution >= 4 is 12.6 Å². The Bertz CT molecular complexity index is 1590. The van der Waals surface area contributed by atoms with Gasteiger partial charge in [-0.2, -0.15) is 0 Å². The standard InChI is InChI=1S/C40H38O6/c41-21-31-6-1-8-33(16-31)23-43-25-35-10-3-12-37(18-35)27-45-29-39-14-5-15-40(20-39)30-46-28-38-13-4-11-36(19-38)26-44-24-34-9-2-7-32(17-34)22-42/h1-22H,23-30H2. The molecule has 0 amide bonds. The van der Waals surface area contributed by atoms with Gasteiger partial charge in [0.2, 0.25) is 0 Å². The van der Waals surface area contributed by atoms with Gasteiger partial charge in [0.1, 0.15) is 12.6 Å². The average molecular weight is 615 g/mol. The topological polar surface area (TPSA) is 71.1 Å². The van der Waals surface area contributed by atoms with E-state index >= 15 is 0 Å². The van der Waals surface area contributed by atoms with Crippen molar-refractivity contribution in [1.29, 1.82) is 0 Å². The van der Waals surface area contributed by atoms with Crippen LogP contribution in [0.25, 0.3) is 0 Å². The Morgan fingerprint density at radius 2 is 0.543 bits per heavy atom. The van der Waals surface area contributed by atoms with Gasteiger partial charge in [0.15, 0.2) is 0 Å². The number of aldehydes is 2. The van der Waals surface area contributed by atoms with Crippen LogP contribution in [0, 0.1) is 0 Å². The van der Waals surface area contributed by atoms with E-state index < -0.39 is 0 Å². The Hall–Kier alpha value is -4.72. The van der Waals surface area contributed by atoms with Crippen molar-refractivity contribution in [2.24, 2.45) is 0 Å². The molecule has 0 aliphatic carbocycles. The second-order valence-corrected chi connectivity index (χ2v) is 11.2. The Morgan fingerprint density at radius 3 is 0.783 bits per heavy atom. The molecule has 0 unspecified atom stereocenters. The summed E-state index contributed by atoms with van der Waals surface area (Å²) in [6, 6.07) is 39.6. The summed E-state index contributed by atoms with van der Waals surface area (Å²) < 4.78 is 23.8. The molecule has 6 heteroatoms. The SMILES string of the molecule is O=Cc1cccc(COCc2cccc(COCc3cccc(COCc4cccc(COCc5cccc(C=O)c5)c4)c3)c2)c1. The quantitative estimate of drug-likeness (QED) is 0.0928. The van der Waals surface area contributed by atoms with Gasteiger partial charge in [-0.05, 0) is 56.6 Å². The number of carbonyl (C=O) groups excluding carboxylic acids is 2. The molecule has 5 aromatic rings. The minimum Gasteiger partial charge on any atom is -0.372 e. The van der Waals surface area contributed by atoms with E-state index in [1.54, 1.807) is 12.1 Å². The molecule has 0 aliphatic rings. The first-order valence-electron chi connectivity index (χ1n) is 15.3. The van der Waals surface area contributed by atoms with E-state index in [9.17, 15) is 9.59 Å². The maximum absolute atomic E-state index is 11.0. The molecule has 0 radical (unpaired) electrons. The fourth-order valence-corrected chi connectivity index (χ4v) is 5.09. The first-order chi connectivity index (χ1) is 22.7. The van der Waals surface area contributed by atoms with Crippen LogP contribution in [0.2, 0.25) is 0 Å². The van der Waals surface area contributed by atoms with Crippen LogP contribution >= 0.6 is 0 Å². The number of hydrogen-bond acceptors (Lipinski definition) is 6. The molecule has 0 saturated heterocycles. The molecule has 46 heavy (non-hydrogen) atoms. The summed E-state index contributed by atoms with van der Waals surface area (Å²) in [6.45, 7) is 3.87. The molecule has 0 aliphatic heterocycles. The number of rotatable bonds is 18. The van der Waals surface area contributed by atoms with Crippen LogP contribution in [0.1, 0.15) is 65.2 Å². The highest BCUT2D eigenvalue weighted by atomic mass is 16.5. The van der Waals surface area contributed by atoms with Crippen LogP contribution in [-0.2, 0) is 71.8 Å². The monoisotopic (exact) mass is 614 g/mol. The van der Waals surface area contributed by atoms with Gasteiger partial charge in [-0.1, -0.05) is 109 Å². The first kappa shape index (κ1) is 32.7. The van der Waals surface area contributed by atoms with Gasteiger partial charge in [0.25, 0.3) is 0 Å². The predicted molar refractivity (Wildman–Crippen MR) is 177 cm³/mol. The lowest BCUT2D eigenvalue weighted by Crippen LogP contribution is -1.99. The van der Waals surface area contributed by atoms with Crippen molar-refractivity contribution in [2.75, 3.05) is 0 Å². The third-order valence-corrected chi connectivity index (χ3v) is 7.30. The number of hydrogen-bond donors (Lipinski definition) is 0. The lowest BCUT2D eigenvalue weighted by molar-refractivity contribution is 0.101. The van der Waals surface area contributed by atoms with Crippen molar-refractivity contribution < 1.29 is 28.5 Å². The second kappa shape index (κ2) is 17.7. The summed E-state index contributed by atoms with van der Waals surface area (Å²) in [7, 11) is 0. The maximum Gasteiger partial charge on any atom is 0.150 e. The number of benzene rings is 5. The molecule has 6 nitrogen and oxygen atoms in total. The fraction of sp³-hybridized carbons (Fsp3) is 0.200. The zero-order valence-corrected chi connectivity index (χ0v) is 25.8. The summed E-state index contributed by atoms with van der Waals surface area (Å²) >= 11 is 0. The zero-order valence-electron chi connectivity index (χ0n) is 25.8. The van der Waals surface area contributed by atoms with Gasteiger partial charge in [0.05, 0.1) is 52.9 Å². The summed E-state index contributed by atoms with van der Waals surface area (Å²) in [5.74, 6) is 0. The van der Waals surface area contributed by atoms with Crippen LogP contribution in [0.15, 0.2) is 121 Å². The Morgan fingerprint density at radius 1 is 0.326 bits per heavy atom. The fourth-order valence-electron chi connectivity index (χ4n) is 5.09. The molecular weight excluding hydrogens is 576 g/mol. The van der Waals surface area contributed by atoms with E-state index in [2.05, 4.69) is 42.5 Å². The third kappa shape index (κ3) is 10.7. The van der Waals surface area contributed by atoms with Gasteiger partial charge in [-0.25, -0.2) is 0 Å². The maximum atomic E-state index is 11.0. The molecular formula is C40H38O6. The lowest BCUT2D eigenvalue weighted by atomic mass is 10.1. The Kier molecular flexibility index (Phi) is 12.6. The minimum absolute atomic E-state index is 0.449. The number of carbonyl (C=O) groups is 2. The van der Waals surface area contributed by atoms with Crippen LogP contribution in [0.4, 0.5) is 0 Å². The van der Waals surface area contributed by atoms with Crippen LogP contribution < -0.4 is 0 Å². The predicted octanol–water partition coefficient (Wildman–Crippen LogP) is 8.18. The van der Waals surface area contributed by atoms with Crippen LogP contribution in [-0.4, -0.2) is 12.6 Å². The summed E-state index contributed by atoms with van der Waals surface area (Å²) in [4.78, 5) is 22.0. The normalized spacial score (nSPS) is 11.0. The molecule has 0 fully saturated rings. The molecule has 0 saturated carbocycles. The molecule has 234 valence electrons. The lowest BCUT2D eigenvalue weighted by Gasteiger charge is -2.10. The number of ether oxygens (including phenoxy) is 4. The van der Waals surface area contributed by atoms with E-state index in [0.717, 1.165) is 57.1 Å². The van der Waals surface area contributed by atoms with Crippen molar-refractivity contribution in [2.45, 2.75) is 52.9 Å². The van der Waals surface area contributed by atoms with Gasteiger partial charge in [-0.15, -0.1) is 0 Å². The molecule has 0 aromatic heterocycles. The zero-order chi connectivity index (χ0) is 31.8. The van der Waals surface area contributed by atoms with Crippen molar-refractivity contribution in [3.05, 3.63) is 177 Å². The highest BCUT2D eigenvalue weighted by Gasteiger charge is 2.04. The van der Waals surface area contributed by atoms with Crippen molar-refractivity contribution in [1.82, 2.24) is 0 Å². The highest BCUT2D eigenvalue weighted by Crippen LogP contribution is 2.15. The third-order valence-electron chi connectivity index (χ3n) is 7.30. The van der Waals surface area contributed by atoms with Crippen molar-refractivity contribution in [3.8, 4) is 0 Å². The highest BCUT2D eigenvalue weighted by molar-refractivity contribution is 5.75. The molecule has 0 bridgehead atoms. The van der Waals surface area contributed by atoms with Gasteiger partial charge in [-0.3, -0.25) is 9.59 Å². The first-order valence-corrected chi connectivity index (χ1v) is 15.3.